The Labute approximate surface area is 404 Å². The van der Waals surface area contributed by atoms with Crippen LogP contribution in [0.3, 0.4) is 0 Å². The van der Waals surface area contributed by atoms with Crippen molar-refractivity contribution in [3.8, 4) is 0 Å². The molecule has 4 N–H and O–H groups in total. The Hall–Kier alpha value is -3.43. The Balaban J connectivity index is 0.880. The molecule has 4 saturated carbocycles. The number of allylic oxidation sites excluding steroid dienone is 3. The second-order valence-electron chi connectivity index (χ2n) is 23.3. The highest BCUT2D eigenvalue weighted by Gasteiger charge is 2.70. The van der Waals surface area contributed by atoms with Crippen LogP contribution in [0.4, 0.5) is 0 Å². The molecule has 0 spiro atoms. The normalized spacial score (nSPS) is 40.6. The van der Waals surface area contributed by atoms with E-state index in [-0.39, 0.29) is 50.9 Å². The number of carbonyl (C=O) groups excluding carboxylic acids is 2. The fraction of sp³-hybridized carbons (Fsp3) is 0.673. The minimum atomic E-state index is -2.90. The molecule has 2 aromatic carbocycles. The first kappa shape index (κ1) is 49.5. The minimum Gasteiger partial charge on any atom is -0.459 e. The van der Waals surface area contributed by atoms with E-state index in [1.54, 1.807) is 36.4 Å². The molecule has 0 amide bonds. The maximum absolute atomic E-state index is 13.5. The number of aliphatic hydroxyl groups is 3. The topological polar surface area (TPSA) is 172 Å². The molecule has 0 bridgehead atoms. The number of esters is 2. The van der Waals surface area contributed by atoms with Crippen LogP contribution in [-0.4, -0.2) is 115 Å². The Morgan fingerprint density at radius 1 is 0.838 bits per heavy atom. The van der Waals surface area contributed by atoms with Crippen LogP contribution >= 0.6 is 0 Å². The molecule has 68 heavy (non-hydrogen) atoms. The molecular weight excluding hydrogens is 881 g/mol. The van der Waals surface area contributed by atoms with Gasteiger partial charge in [-0.1, -0.05) is 95.3 Å². The molecule has 0 radical (unpaired) electrons. The van der Waals surface area contributed by atoms with Crippen molar-refractivity contribution in [1.82, 2.24) is 10.2 Å². The molecule has 2 aliphatic heterocycles. The summed E-state index contributed by atoms with van der Waals surface area (Å²) in [4.78, 5) is 28.8. The van der Waals surface area contributed by atoms with E-state index in [2.05, 4.69) is 64.4 Å². The first-order valence-corrected chi connectivity index (χ1v) is 27.2. The molecule has 9 rings (SSSR count). The lowest BCUT2D eigenvalue weighted by molar-refractivity contribution is -0.280. The van der Waals surface area contributed by atoms with Crippen LogP contribution in [0.5, 0.6) is 0 Å². The molecule has 2 heterocycles. The standard InChI is InChI=1S/C55H76N2O10S/c1-34(2)38-19-24-55(56-27-28-57-29-31-68(63,64)32-30-57)26-25-53(6)40(43(38)55)17-18-42-52(5)22-20-39(51(3,4)41(52)21-23-54(42,53)7)36-13-15-37(16-14-36)48(61)67-50-46(60)44(58)45(59)47(66-50)49(62)65-33-35-11-9-8-10-12-35/h8-16,20,38,40-47,50,56,58-60H,1,17-19,21-33H2,2-7H3/t38-,40+,41-,42+,43+,44-,45-,46+,47-,50?,52-,53+,54+,55-/m0/s1. The Morgan fingerprint density at radius 2 is 1.54 bits per heavy atom. The summed E-state index contributed by atoms with van der Waals surface area (Å²) in [6.45, 7) is 22.6. The van der Waals surface area contributed by atoms with Gasteiger partial charge in [0.25, 0.3) is 0 Å². The van der Waals surface area contributed by atoms with E-state index in [9.17, 15) is 33.3 Å². The van der Waals surface area contributed by atoms with Gasteiger partial charge in [0.15, 0.2) is 15.9 Å². The number of rotatable bonds is 11. The monoisotopic (exact) mass is 957 g/mol. The van der Waals surface area contributed by atoms with Crippen molar-refractivity contribution in [2.75, 3.05) is 37.7 Å². The molecule has 1 unspecified atom stereocenters. The minimum absolute atomic E-state index is 0.0914. The summed E-state index contributed by atoms with van der Waals surface area (Å²) in [5.74, 6) is 1.47. The average molecular weight is 957 g/mol. The predicted molar refractivity (Wildman–Crippen MR) is 261 cm³/mol. The number of hydrogen-bond acceptors (Lipinski definition) is 12. The largest absolute Gasteiger partial charge is 0.459 e. The average Bonchev–Trinajstić information content (AvgIpc) is 3.69. The van der Waals surface area contributed by atoms with Gasteiger partial charge in [-0.3, -0.25) is 0 Å². The smallest absolute Gasteiger partial charge is 0.340 e. The second kappa shape index (κ2) is 18.3. The van der Waals surface area contributed by atoms with Crippen molar-refractivity contribution in [3.63, 3.8) is 0 Å². The summed E-state index contributed by atoms with van der Waals surface area (Å²) in [6, 6.07) is 16.3. The van der Waals surface area contributed by atoms with E-state index in [1.165, 1.54) is 56.1 Å². The third-order valence-electron chi connectivity index (χ3n) is 19.7. The van der Waals surface area contributed by atoms with Gasteiger partial charge < -0.3 is 39.7 Å². The first-order chi connectivity index (χ1) is 32.1. The third-order valence-corrected chi connectivity index (χ3v) is 21.3. The van der Waals surface area contributed by atoms with E-state index < -0.39 is 52.5 Å². The van der Waals surface area contributed by atoms with Crippen molar-refractivity contribution < 1.29 is 47.5 Å². The predicted octanol–water partition coefficient (Wildman–Crippen LogP) is 7.12. The summed E-state index contributed by atoms with van der Waals surface area (Å²) < 4.78 is 40.7. The van der Waals surface area contributed by atoms with Crippen LogP contribution in [0.2, 0.25) is 0 Å². The fourth-order valence-corrected chi connectivity index (χ4v) is 17.2. The van der Waals surface area contributed by atoms with Crippen LogP contribution < -0.4 is 5.32 Å². The number of aliphatic hydroxyl groups excluding tert-OH is 3. The van der Waals surface area contributed by atoms with Crippen LogP contribution in [0.15, 0.2) is 72.8 Å². The lowest BCUT2D eigenvalue weighted by Crippen LogP contribution is -2.68. The van der Waals surface area contributed by atoms with Crippen LogP contribution in [0, 0.1) is 51.2 Å². The van der Waals surface area contributed by atoms with Crippen molar-refractivity contribution >= 4 is 27.3 Å². The van der Waals surface area contributed by atoms with Crippen molar-refractivity contribution in [3.05, 3.63) is 89.5 Å². The number of carbonyl (C=O) groups is 2. The summed E-state index contributed by atoms with van der Waals surface area (Å²) in [7, 11) is -2.90. The molecule has 0 aromatic heterocycles. The van der Waals surface area contributed by atoms with E-state index in [0.717, 1.165) is 31.5 Å². The Morgan fingerprint density at radius 3 is 2.24 bits per heavy atom. The van der Waals surface area contributed by atoms with Gasteiger partial charge in [0.1, 0.15) is 24.9 Å². The molecule has 372 valence electrons. The summed E-state index contributed by atoms with van der Waals surface area (Å²) in [5, 5.41) is 36.1. The van der Waals surface area contributed by atoms with Crippen molar-refractivity contribution in [2.45, 2.75) is 142 Å². The SMILES string of the molecule is C=C(C)[C@@H]1CC[C@]2(NCCN3CCS(=O)(=O)CC3)CC[C@]3(C)[C@H](CC[C@@H]4[C@@]5(C)CC=C(c6ccc(C(=O)OC7O[C@H](C(=O)OCc8ccccc8)[C@@H](O)[C@H](O)[C@H]7O)cc6)C(C)(C)[C@@H]5CC[C@]43C)[C@@H]12. The molecule has 12 nitrogen and oxygen atoms in total. The quantitative estimate of drug-likeness (QED) is 0.133. The van der Waals surface area contributed by atoms with Gasteiger partial charge in [0.05, 0.1) is 17.1 Å². The highest BCUT2D eigenvalue weighted by atomic mass is 32.2. The number of fused-ring (bicyclic) bond motifs is 7. The first-order valence-electron chi connectivity index (χ1n) is 25.4. The van der Waals surface area contributed by atoms with E-state index in [0.29, 0.717) is 48.2 Å². The molecule has 14 atom stereocenters. The maximum atomic E-state index is 13.5. The second-order valence-corrected chi connectivity index (χ2v) is 25.6. The third kappa shape index (κ3) is 8.45. The van der Waals surface area contributed by atoms with E-state index in [4.69, 9.17) is 14.2 Å². The number of benzene rings is 2. The number of hydrogen-bond donors (Lipinski definition) is 4. The zero-order chi connectivity index (χ0) is 48.6. The summed E-state index contributed by atoms with van der Waals surface area (Å²) >= 11 is 0. The molecule has 6 fully saturated rings. The zero-order valence-corrected chi connectivity index (χ0v) is 41.9. The van der Waals surface area contributed by atoms with E-state index in [1.807, 2.05) is 18.2 Å². The van der Waals surface area contributed by atoms with Crippen molar-refractivity contribution in [2.24, 2.45) is 51.2 Å². The van der Waals surface area contributed by atoms with Gasteiger partial charge in [-0.25, -0.2) is 18.0 Å². The number of nitrogens with one attached hydrogen (secondary N) is 1. The molecule has 2 saturated heterocycles. The Kier molecular flexibility index (Phi) is 13.3. The molecule has 5 aliphatic carbocycles. The van der Waals surface area contributed by atoms with Crippen LogP contribution in [0.25, 0.3) is 5.57 Å². The van der Waals surface area contributed by atoms with Crippen LogP contribution in [0.1, 0.15) is 121 Å². The number of nitrogens with zero attached hydrogens (tertiary/aromatic N) is 1. The Bertz CT molecular complexity index is 2360. The summed E-state index contributed by atoms with van der Waals surface area (Å²) in [6.07, 6.45) is 4.21. The van der Waals surface area contributed by atoms with Gasteiger partial charge in [0.2, 0.25) is 6.29 Å². The van der Waals surface area contributed by atoms with Gasteiger partial charge in [-0.05, 0) is 145 Å². The van der Waals surface area contributed by atoms with E-state index >= 15 is 0 Å². The lowest BCUT2D eigenvalue weighted by Gasteiger charge is -2.72. The molecular formula is C55H76N2O10S. The molecule has 7 aliphatic rings. The lowest BCUT2D eigenvalue weighted by atomic mass is 9.33. The zero-order valence-electron chi connectivity index (χ0n) is 41.1. The fourth-order valence-electron chi connectivity index (χ4n) is 15.9. The van der Waals surface area contributed by atoms with Gasteiger partial charge in [-0.2, -0.15) is 0 Å². The van der Waals surface area contributed by atoms with Crippen molar-refractivity contribution in [1.29, 1.82) is 0 Å². The molecule has 13 heteroatoms. The highest BCUT2D eigenvalue weighted by Crippen LogP contribution is 2.76. The maximum Gasteiger partial charge on any atom is 0.340 e. The van der Waals surface area contributed by atoms with Gasteiger partial charge in [-0.15, -0.1) is 0 Å². The summed E-state index contributed by atoms with van der Waals surface area (Å²) in [5.41, 5.74) is 5.02. The number of ether oxygens (including phenoxy) is 3. The molecule has 2 aromatic rings. The number of sulfone groups is 1. The van der Waals surface area contributed by atoms with Crippen LogP contribution in [-0.2, 0) is 35.4 Å². The highest BCUT2D eigenvalue weighted by molar-refractivity contribution is 7.91. The van der Waals surface area contributed by atoms with Gasteiger partial charge in [0, 0.05) is 31.7 Å². The van der Waals surface area contributed by atoms with Gasteiger partial charge >= 0.3 is 11.9 Å².